The van der Waals surface area contributed by atoms with E-state index in [0.717, 1.165) is 5.56 Å². The first-order valence-electron chi connectivity index (χ1n) is 4.19. The minimum atomic E-state index is 0.340. The Morgan fingerprint density at radius 2 is 2.08 bits per heavy atom. The molecular weight excluding hydrogens is 164 g/mol. The Balaban J connectivity index is 0.000000671. The highest BCUT2D eigenvalue weighted by Gasteiger charge is 2.04. The number of pyridine rings is 1. The lowest BCUT2D eigenvalue weighted by molar-refractivity contribution is 0.408. The van der Waals surface area contributed by atoms with Crippen molar-refractivity contribution < 1.29 is 4.74 Å². The predicted octanol–water partition coefficient (Wildman–Crippen LogP) is 2.30. The highest BCUT2D eigenvalue weighted by atomic mass is 16.5. The van der Waals surface area contributed by atoms with E-state index in [1.807, 2.05) is 26.8 Å². The van der Waals surface area contributed by atoms with Crippen LogP contribution in [0.5, 0.6) is 5.75 Å². The van der Waals surface area contributed by atoms with Gasteiger partial charge in [0.05, 0.1) is 7.11 Å². The van der Waals surface area contributed by atoms with Gasteiger partial charge in [-0.25, -0.2) is 4.98 Å². The highest BCUT2D eigenvalue weighted by molar-refractivity contribution is 5.42. The molecule has 0 amide bonds. The maximum atomic E-state index is 8.58. The molecule has 0 aliphatic heterocycles. The van der Waals surface area contributed by atoms with Gasteiger partial charge in [0.25, 0.3) is 0 Å². The van der Waals surface area contributed by atoms with Crippen LogP contribution >= 0.6 is 0 Å². The first-order valence-corrected chi connectivity index (χ1v) is 4.19. The molecule has 0 atom stereocenters. The molecule has 1 rings (SSSR count). The van der Waals surface area contributed by atoms with Crippen molar-refractivity contribution in [2.24, 2.45) is 0 Å². The molecule has 0 fully saturated rings. The molecule has 3 nitrogen and oxygen atoms in total. The molecule has 0 spiro atoms. The summed E-state index contributed by atoms with van der Waals surface area (Å²) in [6, 6.07) is 3.76. The zero-order valence-corrected chi connectivity index (χ0v) is 8.46. The van der Waals surface area contributed by atoms with E-state index >= 15 is 0 Å². The van der Waals surface area contributed by atoms with E-state index in [9.17, 15) is 0 Å². The second-order valence-electron chi connectivity index (χ2n) is 2.12. The molecular formula is C10H14N2O. The smallest absolute Gasteiger partial charge is 0.182 e. The number of nitrogens with zero attached hydrogens (tertiary/aromatic N) is 2. The molecule has 0 aliphatic rings. The molecule has 0 saturated heterocycles. The topological polar surface area (TPSA) is 45.9 Å². The van der Waals surface area contributed by atoms with Gasteiger partial charge in [-0.2, -0.15) is 5.26 Å². The van der Waals surface area contributed by atoms with Crippen molar-refractivity contribution >= 4 is 0 Å². The summed E-state index contributed by atoms with van der Waals surface area (Å²) in [4.78, 5) is 3.84. The monoisotopic (exact) mass is 178 g/mol. The number of rotatable bonds is 1. The second kappa shape index (κ2) is 6.01. The van der Waals surface area contributed by atoms with Crippen molar-refractivity contribution in [1.29, 1.82) is 5.26 Å². The lowest BCUT2D eigenvalue weighted by Gasteiger charge is -2.03. The van der Waals surface area contributed by atoms with Gasteiger partial charge in [-0.3, -0.25) is 0 Å². The molecule has 0 radical (unpaired) electrons. The average molecular weight is 178 g/mol. The minimum Gasteiger partial charge on any atom is -0.493 e. The van der Waals surface area contributed by atoms with Crippen LogP contribution in [0.1, 0.15) is 25.1 Å². The number of methoxy groups -OCH3 is 1. The van der Waals surface area contributed by atoms with Crippen LogP contribution in [0.15, 0.2) is 12.3 Å². The lowest BCUT2D eigenvalue weighted by atomic mass is 10.2. The average Bonchev–Trinajstić information content (AvgIpc) is 2.20. The summed E-state index contributed by atoms with van der Waals surface area (Å²) in [7, 11) is 1.53. The van der Waals surface area contributed by atoms with Gasteiger partial charge in [-0.1, -0.05) is 13.8 Å². The minimum absolute atomic E-state index is 0.340. The van der Waals surface area contributed by atoms with Crippen molar-refractivity contribution in [2.45, 2.75) is 20.8 Å². The van der Waals surface area contributed by atoms with E-state index in [2.05, 4.69) is 4.98 Å². The van der Waals surface area contributed by atoms with Gasteiger partial charge in [0.15, 0.2) is 11.4 Å². The molecule has 1 aromatic heterocycles. The number of aromatic nitrogens is 1. The third kappa shape index (κ3) is 2.75. The second-order valence-corrected chi connectivity index (χ2v) is 2.12. The summed E-state index contributed by atoms with van der Waals surface area (Å²) in [6.45, 7) is 5.88. The summed E-state index contributed by atoms with van der Waals surface area (Å²) < 4.78 is 4.98. The molecule has 70 valence electrons. The third-order valence-corrected chi connectivity index (χ3v) is 1.41. The molecule has 0 saturated carbocycles. The zero-order valence-electron chi connectivity index (χ0n) is 8.46. The van der Waals surface area contributed by atoms with Gasteiger partial charge >= 0.3 is 0 Å². The van der Waals surface area contributed by atoms with Gasteiger partial charge in [0.2, 0.25) is 0 Å². The summed E-state index contributed by atoms with van der Waals surface area (Å²) >= 11 is 0. The quantitative estimate of drug-likeness (QED) is 0.662. The Morgan fingerprint density at radius 1 is 1.46 bits per heavy atom. The normalized spacial score (nSPS) is 7.92. The Labute approximate surface area is 79.0 Å². The van der Waals surface area contributed by atoms with Crippen LogP contribution in [-0.2, 0) is 0 Å². The van der Waals surface area contributed by atoms with Gasteiger partial charge in [-0.15, -0.1) is 0 Å². The summed E-state index contributed by atoms with van der Waals surface area (Å²) in [6.07, 6.45) is 1.59. The molecule has 13 heavy (non-hydrogen) atoms. The Hall–Kier alpha value is -1.56. The lowest BCUT2D eigenvalue weighted by Crippen LogP contribution is -1.93. The van der Waals surface area contributed by atoms with Crippen LogP contribution in [0.2, 0.25) is 0 Å². The van der Waals surface area contributed by atoms with E-state index < -0.39 is 0 Å². The van der Waals surface area contributed by atoms with Gasteiger partial charge in [0, 0.05) is 6.20 Å². The molecule has 0 aromatic carbocycles. The van der Waals surface area contributed by atoms with Gasteiger partial charge in [0.1, 0.15) is 6.07 Å². The highest BCUT2D eigenvalue weighted by Crippen LogP contribution is 2.18. The van der Waals surface area contributed by atoms with E-state index in [-0.39, 0.29) is 0 Å². The van der Waals surface area contributed by atoms with E-state index in [4.69, 9.17) is 10.00 Å². The fraction of sp³-hybridized carbons (Fsp3) is 0.400. The fourth-order valence-electron chi connectivity index (χ4n) is 0.882. The Kier molecular flexibility index (Phi) is 5.29. The van der Waals surface area contributed by atoms with Crippen molar-refractivity contribution in [1.82, 2.24) is 4.98 Å². The number of hydrogen-bond acceptors (Lipinski definition) is 3. The predicted molar refractivity (Wildman–Crippen MR) is 51.6 cm³/mol. The molecule has 0 N–H and O–H groups in total. The molecule has 3 heteroatoms. The molecule has 0 bridgehead atoms. The number of aryl methyl sites for hydroxylation is 1. The maximum Gasteiger partial charge on any atom is 0.182 e. The molecule has 0 aliphatic carbocycles. The first-order chi connectivity index (χ1) is 6.29. The van der Waals surface area contributed by atoms with Gasteiger partial charge in [-0.05, 0) is 18.6 Å². The van der Waals surface area contributed by atoms with Crippen molar-refractivity contribution in [2.75, 3.05) is 7.11 Å². The number of hydrogen-bond donors (Lipinski definition) is 0. The van der Waals surface area contributed by atoms with Crippen LogP contribution in [0.25, 0.3) is 0 Å². The Morgan fingerprint density at radius 3 is 2.46 bits per heavy atom. The number of nitriles is 1. The molecule has 1 aromatic rings. The molecule has 1 heterocycles. The van der Waals surface area contributed by atoms with Crippen LogP contribution < -0.4 is 4.74 Å². The number of ether oxygens (including phenoxy) is 1. The SMILES string of the molecule is CC.COc1c(C)ccnc1C#N. The van der Waals surface area contributed by atoms with Crippen molar-refractivity contribution in [3.05, 3.63) is 23.5 Å². The third-order valence-electron chi connectivity index (χ3n) is 1.41. The van der Waals surface area contributed by atoms with Crippen LogP contribution in [-0.4, -0.2) is 12.1 Å². The Bertz CT molecular complexity index is 302. The molecule has 0 unspecified atom stereocenters. The van der Waals surface area contributed by atoms with Crippen LogP contribution in [0.4, 0.5) is 0 Å². The summed E-state index contributed by atoms with van der Waals surface area (Å²) in [5, 5.41) is 8.58. The van der Waals surface area contributed by atoms with Crippen LogP contribution in [0.3, 0.4) is 0 Å². The van der Waals surface area contributed by atoms with E-state index in [0.29, 0.717) is 11.4 Å². The van der Waals surface area contributed by atoms with E-state index in [1.165, 1.54) is 7.11 Å². The zero-order chi connectivity index (χ0) is 10.3. The van der Waals surface area contributed by atoms with Crippen molar-refractivity contribution in [3.8, 4) is 11.8 Å². The summed E-state index contributed by atoms with van der Waals surface area (Å²) in [5.41, 5.74) is 1.27. The van der Waals surface area contributed by atoms with Crippen LogP contribution in [0, 0.1) is 18.3 Å². The summed E-state index contributed by atoms with van der Waals surface area (Å²) in [5.74, 6) is 0.565. The van der Waals surface area contributed by atoms with Gasteiger partial charge < -0.3 is 4.74 Å². The largest absolute Gasteiger partial charge is 0.493 e. The van der Waals surface area contributed by atoms with Crippen molar-refractivity contribution in [3.63, 3.8) is 0 Å². The van der Waals surface area contributed by atoms with E-state index in [1.54, 1.807) is 12.3 Å². The fourth-order valence-corrected chi connectivity index (χ4v) is 0.882. The maximum absolute atomic E-state index is 8.58. The standard InChI is InChI=1S/C8H8N2O.C2H6/c1-6-3-4-10-7(5-9)8(6)11-2;1-2/h3-4H,1-2H3;1-2H3. The first kappa shape index (κ1) is 11.4.